The lowest BCUT2D eigenvalue weighted by atomic mass is 10.3. The van der Waals surface area contributed by atoms with Crippen molar-refractivity contribution in [1.82, 2.24) is 4.98 Å². The third-order valence-corrected chi connectivity index (χ3v) is 3.00. The summed E-state index contributed by atoms with van der Waals surface area (Å²) in [6.45, 7) is 0.970. The maximum Gasteiger partial charge on any atom is 0.255 e. The first kappa shape index (κ1) is 11.1. The summed E-state index contributed by atoms with van der Waals surface area (Å²) in [5, 5.41) is 4.11. The Hall–Kier alpha value is -1.42. The molecule has 0 spiro atoms. The molecule has 1 aromatic carbocycles. The fourth-order valence-corrected chi connectivity index (χ4v) is 2.02. The Bertz CT molecular complexity index is 389. The molecular formula is C12H14N2OS. The smallest absolute Gasteiger partial charge is 0.255 e. The molecule has 84 valence electrons. The second-order valence-corrected chi connectivity index (χ2v) is 4.34. The second-order valence-electron chi connectivity index (χ2n) is 3.29. The lowest BCUT2D eigenvalue weighted by Crippen LogP contribution is -2.02. The van der Waals surface area contributed by atoms with E-state index in [1.54, 1.807) is 24.2 Å². The minimum Gasteiger partial charge on any atom is -0.440 e. The minimum absolute atomic E-state index is 0.750. The van der Waals surface area contributed by atoms with Crippen LogP contribution in [-0.2, 0) is 0 Å². The van der Waals surface area contributed by atoms with Gasteiger partial charge in [0.1, 0.15) is 6.26 Å². The molecule has 0 amide bonds. The SMILES string of the molecule is c1ccc(NCCCSc2ncco2)cc1. The number of oxazole rings is 1. The van der Waals surface area contributed by atoms with Crippen LogP contribution in [0.3, 0.4) is 0 Å². The molecule has 0 bridgehead atoms. The summed E-state index contributed by atoms with van der Waals surface area (Å²) >= 11 is 1.64. The van der Waals surface area contributed by atoms with E-state index in [1.807, 2.05) is 18.2 Å². The summed E-state index contributed by atoms with van der Waals surface area (Å²) in [5.41, 5.74) is 1.17. The van der Waals surface area contributed by atoms with Gasteiger partial charge in [-0.15, -0.1) is 0 Å². The summed E-state index contributed by atoms with van der Waals surface area (Å²) in [6, 6.07) is 10.2. The number of thioether (sulfide) groups is 1. The second kappa shape index (κ2) is 6.23. The van der Waals surface area contributed by atoms with Crippen molar-refractivity contribution < 1.29 is 4.42 Å². The van der Waals surface area contributed by atoms with E-state index in [9.17, 15) is 0 Å². The first-order chi connectivity index (χ1) is 7.95. The third-order valence-electron chi connectivity index (χ3n) is 2.06. The zero-order chi connectivity index (χ0) is 11.1. The fraction of sp³-hybridized carbons (Fsp3) is 0.250. The summed E-state index contributed by atoms with van der Waals surface area (Å²) in [4.78, 5) is 4.05. The van der Waals surface area contributed by atoms with Gasteiger partial charge in [-0.05, 0) is 18.6 Å². The van der Waals surface area contributed by atoms with E-state index in [1.165, 1.54) is 5.69 Å². The molecule has 0 aliphatic carbocycles. The maximum absolute atomic E-state index is 5.13. The molecule has 0 fully saturated rings. The van der Waals surface area contributed by atoms with Crippen molar-refractivity contribution in [2.75, 3.05) is 17.6 Å². The van der Waals surface area contributed by atoms with E-state index in [0.717, 1.165) is 23.9 Å². The average molecular weight is 234 g/mol. The van der Waals surface area contributed by atoms with E-state index in [0.29, 0.717) is 0 Å². The van der Waals surface area contributed by atoms with Gasteiger partial charge in [0.2, 0.25) is 0 Å². The van der Waals surface area contributed by atoms with Crippen LogP contribution in [0, 0.1) is 0 Å². The monoisotopic (exact) mass is 234 g/mol. The number of benzene rings is 1. The van der Waals surface area contributed by atoms with Gasteiger partial charge in [-0.2, -0.15) is 0 Å². The number of hydrogen-bond donors (Lipinski definition) is 1. The normalized spacial score (nSPS) is 10.2. The number of rotatable bonds is 6. The lowest BCUT2D eigenvalue weighted by Gasteiger charge is -2.04. The molecule has 16 heavy (non-hydrogen) atoms. The van der Waals surface area contributed by atoms with Gasteiger partial charge >= 0.3 is 0 Å². The molecule has 0 saturated carbocycles. The Morgan fingerprint density at radius 3 is 2.88 bits per heavy atom. The van der Waals surface area contributed by atoms with Crippen molar-refractivity contribution in [1.29, 1.82) is 0 Å². The minimum atomic E-state index is 0.750. The Balaban J connectivity index is 1.59. The topological polar surface area (TPSA) is 38.1 Å². The zero-order valence-electron chi connectivity index (χ0n) is 8.93. The highest BCUT2D eigenvalue weighted by atomic mass is 32.2. The van der Waals surface area contributed by atoms with Crippen LogP contribution >= 0.6 is 11.8 Å². The van der Waals surface area contributed by atoms with Crippen LogP contribution in [0.1, 0.15) is 6.42 Å². The number of aromatic nitrogens is 1. The van der Waals surface area contributed by atoms with Crippen LogP contribution in [0.15, 0.2) is 52.4 Å². The van der Waals surface area contributed by atoms with Gasteiger partial charge in [0, 0.05) is 18.0 Å². The largest absolute Gasteiger partial charge is 0.440 e. The van der Waals surface area contributed by atoms with Gasteiger partial charge in [-0.3, -0.25) is 0 Å². The first-order valence-electron chi connectivity index (χ1n) is 5.26. The van der Waals surface area contributed by atoms with E-state index in [4.69, 9.17) is 4.42 Å². The molecule has 3 nitrogen and oxygen atoms in total. The van der Waals surface area contributed by atoms with Gasteiger partial charge in [0.05, 0.1) is 6.20 Å². The Morgan fingerprint density at radius 2 is 2.12 bits per heavy atom. The predicted molar refractivity (Wildman–Crippen MR) is 66.8 cm³/mol. The van der Waals surface area contributed by atoms with Crippen LogP contribution in [0.5, 0.6) is 0 Å². The summed E-state index contributed by atoms with van der Waals surface area (Å²) in [7, 11) is 0. The quantitative estimate of drug-likeness (QED) is 0.615. The maximum atomic E-state index is 5.13. The molecular weight excluding hydrogens is 220 g/mol. The number of para-hydroxylation sites is 1. The highest BCUT2D eigenvalue weighted by molar-refractivity contribution is 7.99. The van der Waals surface area contributed by atoms with Gasteiger partial charge in [-0.25, -0.2) is 4.98 Å². The molecule has 0 radical (unpaired) electrons. The summed E-state index contributed by atoms with van der Waals surface area (Å²) < 4.78 is 5.13. The van der Waals surface area contributed by atoms with Crippen LogP contribution in [0.25, 0.3) is 0 Å². The van der Waals surface area contributed by atoms with Gasteiger partial charge < -0.3 is 9.73 Å². The van der Waals surface area contributed by atoms with E-state index in [-0.39, 0.29) is 0 Å². The molecule has 4 heteroatoms. The Labute approximate surface area is 99.3 Å². The third kappa shape index (κ3) is 3.62. The number of hydrogen-bond acceptors (Lipinski definition) is 4. The molecule has 0 saturated heterocycles. The number of nitrogens with one attached hydrogen (secondary N) is 1. The van der Waals surface area contributed by atoms with Crippen LogP contribution in [-0.4, -0.2) is 17.3 Å². The highest BCUT2D eigenvalue weighted by Gasteiger charge is 1.97. The molecule has 0 unspecified atom stereocenters. The standard InChI is InChI=1S/C12H14N2OS/c1-2-5-11(6-3-1)13-7-4-10-16-12-14-8-9-15-12/h1-3,5-6,8-9,13H,4,7,10H2. The van der Waals surface area contributed by atoms with Crippen LogP contribution in [0.4, 0.5) is 5.69 Å². The fourth-order valence-electron chi connectivity index (χ4n) is 1.30. The zero-order valence-corrected chi connectivity index (χ0v) is 9.74. The molecule has 1 N–H and O–H groups in total. The molecule has 1 aromatic heterocycles. The molecule has 1 heterocycles. The summed E-state index contributed by atoms with van der Waals surface area (Å²) in [6.07, 6.45) is 4.36. The number of anilines is 1. The van der Waals surface area contributed by atoms with Crippen LogP contribution in [0.2, 0.25) is 0 Å². The lowest BCUT2D eigenvalue weighted by molar-refractivity contribution is 0.454. The van der Waals surface area contributed by atoms with Crippen molar-refractivity contribution in [2.24, 2.45) is 0 Å². The Kier molecular flexibility index (Phi) is 4.31. The molecule has 2 rings (SSSR count). The van der Waals surface area contributed by atoms with E-state index >= 15 is 0 Å². The number of nitrogens with zero attached hydrogens (tertiary/aromatic N) is 1. The van der Waals surface area contributed by atoms with Crippen molar-refractivity contribution >= 4 is 17.4 Å². The van der Waals surface area contributed by atoms with Crippen molar-refractivity contribution in [3.63, 3.8) is 0 Å². The van der Waals surface area contributed by atoms with Crippen molar-refractivity contribution in [3.8, 4) is 0 Å². The van der Waals surface area contributed by atoms with Gasteiger partial charge in [0.25, 0.3) is 5.22 Å². The van der Waals surface area contributed by atoms with Crippen molar-refractivity contribution in [2.45, 2.75) is 11.6 Å². The molecule has 2 aromatic rings. The predicted octanol–water partition coefficient (Wildman–Crippen LogP) is 3.27. The van der Waals surface area contributed by atoms with E-state index < -0.39 is 0 Å². The average Bonchev–Trinajstić information content (AvgIpc) is 2.83. The molecule has 0 aliphatic heterocycles. The molecule has 0 atom stereocenters. The van der Waals surface area contributed by atoms with E-state index in [2.05, 4.69) is 22.4 Å². The summed E-state index contributed by atoms with van der Waals surface area (Å²) in [5.74, 6) is 1.01. The molecule has 0 aliphatic rings. The van der Waals surface area contributed by atoms with Crippen LogP contribution < -0.4 is 5.32 Å². The van der Waals surface area contributed by atoms with Gasteiger partial charge in [0.15, 0.2) is 0 Å². The highest BCUT2D eigenvalue weighted by Crippen LogP contribution is 2.15. The first-order valence-corrected chi connectivity index (χ1v) is 6.25. The van der Waals surface area contributed by atoms with Gasteiger partial charge in [-0.1, -0.05) is 30.0 Å². The van der Waals surface area contributed by atoms with Crippen molar-refractivity contribution in [3.05, 3.63) is 42.8 Å². The Morgan fingerprint density at radius 1 is 1.25 bits per heavy atom.